The van der Waals surface area contributed by atoms with Crippen LogP contribution < -0.4 is 10.6 Å². The second kappa shape index (κ2) is 12.8. The number of urea groups is 1. The Labute approximate surface area is 239 Å². The van der Waals surface area contributed by atoms with E-state index in [1.165, 1.54) is 43.2 Å². The van der Waals surface area contributed by atoms with Crippen molar-refractivity contribution in [3.05, 3.63) is 77.5 Å². The first-order chi connectivity index (χ1) is 19.0. The molecule has 3 heterocycles. The molecule has 2 aliphatic heterocycles. The lowest BCUT2D eigenvalue weighted by atomic mass is 9.85. The van der Waals surface area contributed by atoms with Crippen LogP contribution in [0.4, 0.5) is 10.6 Å². The average molecular weight is 544 g/mol. The number of carbonyl (C=O) groups is 2. The molecule has 3 aromatic rings. The highest BCUT2D eigenvalue weighted by Gasteiger charge is 2.40. The summed E-state index contributed by atoms with van der Waals surface area (Å²) in [6, 6.07) is 21.8. The number of amides is 2. The number of ketones is 1. The Morgan fingerprint density at radius 2 is 1.60 bits per heavy atom. The molecule has 0 radical (unpaired) electrons. The number of carbonyl (C=O) groups excluding carboxylic acids is 2. The maximum absolute atomic E-state index is 11.6. The molecule has 7 heteroatoms. The van der Waals surface area contributed by atoms with Crippen LogP contribution in [0.5, 0.6) is 0 Å². The second-order valence-corrected chi connectivity index (χ2v) is 12.4. The van der Waals surface area contributed by atoms with E-state index in [1.54, 1.807) is 18.7 Å². The Morgan fingerprint density at radius 1 is 0.975 bits per heavy atom. The van der Waals surface area contributed by atoms with Gasteiger partial charge >= 0.3 is 6.03 Å². The Balaban J connectivity index is 0.000000186. The third kappa shape index (κ3) is 7.60. The third-order valence-corrected chi connectivity index (χ3v) is 7.98. The van der Waals surface area contributed by atoms with Crippen LogP contribution in [0.1, 0.15) is 70.2 Å². The molecule has 2 aromatic carbocycles. The molecule has 0 aliphatic carbocycles. The van der Waals surface area contributed by atoms with Gasteiger partial charge in [0.1, 0.15) is 11.6 Å². The van der Waals surface area contributed by atoms with Gasteiger partial charge < -0.3 is 5.32 Å². The van der Waals surface area contributed by atoms with Gasteiger partial charge in [-0.2, -0.15) is 5.10 Å². The first-order valence-electron chi connectivity index (χ1n) is 14.5. The molecule has 5 rings (SSSR count). The molecule has 3 atom stereocenters. The van der Waals surface area contributed by atoms with Gasteiger partial charge in [-0.3, -0.25) is 15.0 Å². The van der Waals surface area contributed by atoms with Crippen LogP contribution in [-0.4, -0.2) is 52.2 Å². The Morgan fingerprint density at radius 3 is 2.15 bits per heavy atom. The molecular formula is C33H45N5O2. The highest BCUT2D eigenvalue weighted by molar-refractivity contribution is 5.88. The summed E-state index contributed by atoms with van der Waals surface area (Å²) >= 11 is 0. The molecule has 2 fully saturated rings. The summed E-state index contributed by atoms with van der Waals surface area (Å²) in [6.45, 7) is 10.7. The van der Waals surface area contributed by atoms with Gasteiger partial charge in [-0.25, -0.2) is 9.48 Å². The molecule has 2 amide bonds. The standard InChI is InChI=1S/C17H23NO.C16H22N4O/c1-13(19)12-18-16-7-8-17(18)11-15(10-16)9-14-5-3-2-4-6-14;1-11-6-8-12(9-7-11)20-14(18-15(21)17-5)10-13(19-20)16(2,3)4/h2-6,15-17H,7-12H2,1H3;6-10H,1-5H3,(H2,17,18,21)/t15?,16-,17+;. The van der Waals surface area contributed by atoms with E-state index in [-0.39, 0.29) is 11.4 Å². The number of hydrogen-bond acceptors (Lipinski definition) is 4. The Kier molecular flexibility index (Phi) is 9.46. The molecule has 2 N–H and O–H groups in total. The minimum atomic E-state index is -0.260. The zero-order valence-electron chi connectivity index (χ0n) is 24.9. The van der Waals surface area contributed by atoms with E-state index < -0.39 is 0 Å². The van der Waals surface area contributed by atoms with E-state index in [4.69, 9.17) is 0 Å². The van der Waals surface area contributed by atoms with E-state index in [2.05, 4.69) is 71.7 Å². The quantitative estimate of drug-likeness (QED) is 0.383. The van der Waals surface area contributed by atoms with E-state index in [0.29, 0.717) is 30.2 Å². The molecule has 1 aromatic heterocycles. The highest BCUT2D eigenvalue weighted by atomic mass is 16.2. The number of Topliss-reactive ketones (excluding diaryl/α,β-unsaturated/α-hetero) is 1. The third-order valence-electron chi connectivity index (χ3n) is 7.98. The van der Waals surface area contributed by atoms with Gasteiger partial charge in [0.2, 0.25) is 0 Å². The van der Waals surface area contributed by atoms with Crippen molar-refractivity contribution in [3.63, 3.8) is 0 Å². The van der Waals surface area contributed by atoms with Gasteiger partial charge in [0.05, 0.1) is 17.9 Å². The number of nitrogens with one attached hydrogen (secondary N) is 2. The number of nitrogens with zero attached hydrogens (tertiary/aromatic N) is 3. The summed E-state index contributed by atoms with van der Waals surface area (Å²) in [6.07, 6.45) is 6.35. The first kappa shape index (κ1) is 29.5. The number of benzene rings is 2. The Bertz CT molecular complexity index is 1260. The molecule has 214 valence electrons. The first-order valence-corrected chi connectivity index (χ1v) is 14.5. The van der Waals surface area contributed by atoms with Crippen LogP contribution in [0.2, 0.25) is 0 Å². The molecule has 1 unspecified atom stereocenters. The second-order valence-electron chi connectivity index (χ2n) is 12.4. The number of fused-ring (bicyclic) bond motifs is 2. The van der Waals surface area contributed by atoms with Crippen molar-refractivity contribution in [2.24, 2.45) is 5.92 Å². The van der Waals surface area contributed by atoms with Crippen molar-refractivity contribution in [2.75, 3.05) is 18.9 Å². The fourth-order valence-corrected chi connectivity index (χ4v) is 5.91. The number of rotatable bonds is 6. The highest BCUT2D eigenvalue weighted by Crippen LogP contribution is 2.39. The van der Waals surface area contributed by atoms with Crippen molar-refractivity contribution in [1.29, 1.82) is 0 Å². The van der Waals surface area contributed by atoms with Crippen LogP contribution in [-0.2, 0) is 16.6 Å². The summed E-state index contributed by atoms with van der Waals surface area (Å²) in [7, 11) is 1.59. The minimum Gasteiger partial charge on any atom is -0.341 e. The molecule has 2 saturated heterocycles. The maximum atomic E-state index is 11.6. The maximum Gasteiger partial charge on any atom is 0.320 e. The van der Waals surface area contributed by atoms with Crippen molar-refractivity contribution >= 4 is 17.6 Å². The van der Waals surface area contributed by atoms with Gasteiger partial charge in [0.25, 0.3) is 0 Å². The van der Waals surface area contributed by atoms with Crippen LogP contribution in [0.25, 0.3) is 5.69 Å². The Hall–Kier alpha value is -3.45. The predicted octanol–water partition coefficient (Wildman–Crippen LogP) is 6.29. The fourth-order valence-electron chi connectivity index (χ4n) is 5.91. The van der Waals surface area contributed by atoms with Crippen LogP contribution in [0.15, 0.2) is 60.7 Å². The monoisotopic (exact) mass is 543 g/mol. The van der Waals surface area contributed by atoms with E-state index in [0.717, 1.165) is 17.3 Å². The molecule has 0 saturated carbocycles. The zero-order valence-corrected chi connectivity index (χ0v) is 24.9. The number of aryl methyl sites for hydroxylation is 1. The summed E-state index contributed by atoms with van der Waals surface area (Å²) < 4.78 is 1.76. The van der Waals surface area contributed by atoms with Crippen molar-refractivity contribution in [1.82, 2.24) is 20.0 Å². The summed E-state index contributed by atoms with van der Waals surface area (Å²) in [5, 5.41) is 10.0. The van der Waals surface area contributed by atoms with Gasteiger partial charge in [-0.15, -0.1) is 0 Å². The summed E-state index contributed by atoms with van der Waals surface area (Å²) in [5.74, 6) is 1.78. The van der Waals surface area contributed by atoms with E-state index in [9.17, 15) is 9.59 Å². The predicted molar refractivity (Wildman–Crippen MR) is 162 cm³/mol. The molecule has 7 nitrogen and oxygen atoms in total. The lowest BCUT2D eigenvalue weighted by molar-refractivity contribution is -0.119. The molecule has 0 spiro atoms. The topological polar surface area (TPSA) is 79.3 Å². The van der Waals surface area contributed by atoms with Gasteiger partial charge in [0.15, 0.2) is 0 Å². The average Bonchev–Trinajstić information content (AvgIpc) is 3.42. The fraction of sp³-hybridized carbons (Fsp3) is 0.485. The molecule has 2 bridgehead atoms. The summed E-state index contributed by atoms with van der Waals surface area (Å²) in [4.78, 5) is 25.5. The molecular weight excluding hydrogens is 498 g/mol. The van der Waals surface area contributed by atoms with Crippen molar-refractivity contribution in [2.45, 2.75) is 84.2 Å². The van der Waals surface area contributed by atoms with Gasteiger partial charge in [-0.05, 0) is 69.6 Å². The number of anilines is 1. The molecule has 2 aliphatic rings. The SMILES string of the molecule is CC(=O)CN1[C@@H]2CC[C@H]1CC(Cc1ccccc1)C2.CNC(=O)Nc1cc(C(C)(C)C)nn1-c1ccc(C)cc1. The van der Waals surface area contributed by atoms with Crippen LogP contribution in [0.3, 0.4) is 0 Å². The van der Waals surface area contributed by atoms with Crippen LogP contribution >= 0.6 is 0 Å². The smallest absolute Gasteiger partial charge is 0.320 e. The number of aromatic nitrogens is 2. The summed E-state index contributed by atoms with van der Waals surface area (Å²) in [5.41, 5.74) is 4.40. The normalized spacial score (nSPS) is 20.4. The van der Waals surface area contributed by atoms with Gasteiger partial charge in [-0.1, -0.05) is 68.8 Å². The lowest BCUT2D eigenvalue weighted by Gasteiger charge is -2.38. The van der Waals surface area contributed by atoms with Crippen molar-refractivity contribution in [3.8, 4) is 5.69 Å². The number of hydrogen-bond donors (Lipinski definition) is 2. The largest absolute Gasteiger partial charge is 0.341 e. The molecule has 40 heavy (non-hydrogen) atoms. The number of piperidine rings is 1. The lowest BCUT2D eigenvalue weighted by Crippen LogP contribution is -2.45. The van der Waals surface area contributed by atoms with E-state index >= 15 is 0 Å². The van der Waals surface area contributed by atoms with Gasteiger partial charge in [0, 0.05) is 30.6 Å². The van der Waals surface area contributed by atoms with E-state index in [1.807, 2.05) is 37.3 Å². The van der Waals surface area contributed by atoms with Crippen LogP contribution in [0, 0.1) is 12.8 Å². The van der Waals surface area contributed by atoms with Crippen molar-refractivity contribution < 1.29 is 9.59 Å². The zero-order chi connectivity index (χ0) is 28.9. The minimum absolute atomic E-state index is 0.0882.